The van der Waals surface area contributed by atoms with Crippen molar-refractivity contribution >= 4 is 44.7 Å². The van der Waals surface area contributed by atoms with E-state index in [0.29, 0.717) is 37.7 Å². The van der Waals surface area contributed by atoms with Gasteiger partial charge in [0.1, 0.15) is 4.21 Å². The fourth-order valence-electron chi connectivity index (χ4n) is 2.83. The van der Waals surface area contributed by atoms with Gasteiger partial charge >= 0.3 is 10.1 Å². The van der Waals surface area contributed by atoms with Crippen molar-refractivity contribution in [2.45, 2.75) is 11.1 Å². The molecule has 0 fully saturated rings. The number of thiophene rings is 1. The molecular formula is C20H13Cl2N3O3S2. The molecule has 6 nitrogen and oxygen atoms in total. The number of halogens is 2. The minimum absolute atomic E-state index is 0.142. The van der Waals surface area contributed by atoms with Gasteiger partial charge in [-0.25, -0.2) is 9.97 Å². The summed E-state index contributed by atoms with van der Waals surface area (Å²) in [6, 6.07) is 13.5. The molecule has 152 valence electrons. The molecule has 1 aromatic carbocycles. The summed E-state index contributed by atoms with van der Waals surface area (Å²) in [7, 11) is -4.26. The lowest BCUT2D eigenvalue weighted by molar-refractivity contribution is 0.485. The van der Waals surface area contributed by atoms with E-state index < -0.39 is 10.1 Å². The largest absolute Gasteiger partial charge is 0.304 e. The van der Waals surface area contributed by atoms with Gasteiger partial charge in [0.15, 0.2) is 5.82 Å². The van der Waals surface area contributed by atoms with Crippen LogP contribution in [0.1, 0.15) is 5.69 Å². The average molecular weight is 478 g/mol. The molecule has 0 aliphatic rings. The van der Waals surface area contributed by atoms with Crippen molar-refractivity contribution in [2.75, 3.05) is 0 Å². The van der Waals surface area contributed by atoms with Gasteiger partial charge in [-0.05, 0) is 55.5 Å². The zero-order chi connectivity index (χ0) is 21.5. The van der Waals surface area contributed by atoms with Crippen molar-refractivity contribution in [3.63, 3.8) is 0 Å². The van der Waals surface area contributed by atoms with Gasteiger partial charge in [0.2, 0.25) is 0 Å². The number of nitrogens with zero attached hydrogens (tertiary/aromatic N) is 3. The zero-order valence-corrected chi connectivity index (χ0v) is 18.5. The third-order valence-electron chi connectivity index (χ3n) is 4.17. The number of rotatable bonds is 4. The van der Waals surface area contributed by atoms with E-state index in [-0.39, 0.29) is 4.21 Å². The van der Waals surface area contributed by atoms with E-state index in [1.54, 1.807) is 42.6 Å². The summed E-state index contributed by atoms with van der Waals surface area (Å²) in [6.07, 6.45) is 1.60. The molecule has 0 unspecified atom stereocenters. The first kappa shape index (κ1) is 20.9. The van der Waals surface area contributed by atoms with Crippen LogP contribution in [0.25, 0.3) is 33.2 Å². The molecule has 0 amide bonds. The van der Waals surface area contributed by atoms with Crippen molar-refractivity contribution in [1.29, 1.82) is 0 Å². The van der Waals surface area contributed by atoms with Crippen LogP contribution in [0.5, 0.6) is 0 Å². The molecule has 4 aromatic rings. The van der Waals surface area contributed by atoms with Crippen LogP contribution in [0.4, 0.5) is 0 Å². The second-order valence-corrected chi connectivity index (χ2v) is 9.94. The van der Waals surface area contributed by atoms with Crippen molar-refractivity contribution in [1.82, 2.24) is 15.0 Å². The Morgan fingerprint density at radius 1 is 0.967 bits per heavy atom. The first-order chi connectivity index (χ1) is 14.2. The highest BCUT2D eigenvalue weighted by Crippen LogP contribution is 2.33. The highest BCUT2D eigenvalue weighted by Gasteiger charge is 2.16. The number of aryl methyl sites for hydroxylation is 1. The summed E-state index contributed by atoms with van der Waals surface area (Å²) in [5.41, 5.74) is 3.39. The van der Waals surface area contributed by atoms with E-state index in [9.17, 15) is 13.0 Å². The molecular weight excluding hydrogens is 465 g/mol. The molecule has 0 saturated heterocycles. The summed E-state index contributed by atoms with van der Waals surface area (Å²) in [5, 5.41) is 1.02. The molecule has 0 aliphatic carbocycles. The highest BCUT2D eigenvalue weighted by atomic mass is 35.5. The second kappa shape index (κ2) is 8.05. The first-order valence-corrected chi connectivity index (χ1v) is 11.6. The number of pyridine rings is 1. The van der Waals surface area contributed by atoms with E-state index in [1.807, 2.05) is 13.0 Å². The number of hydrogen-bond acceptors (Lipinski definition) is 6. The molecule has 1 N–H and O–H groups in total. The Bertz CT molecular complexity index is 1370. The molecule has 0 bridgehead atoms. The summed E-state index contributed by atoms with van der Waals surface area (Å²) < 4.78 is 31.7. The van der Waals surface area contributed by atoms with Crippen LogP contribution in [0, 0.1) is 6.92 Å². The molecule has 0 saturated carbocycles. The van der Waals surface area contributed by atoms with E-state index >= 15 is 0 Å². The quantitative estimate of drug-likeness (QED) is 0.373. The molecule has 3 heterocycles. The molecule has 3 aromatic heterocycles. The lowest BCUT2D eigenvalue weighted by Crippen LogP contribution is -1.96. The standard InChI is InChI=1S/C20H13Cl2N3O3S2/c1-11-8-16(14-3-2-13(21)10-15(14)22)25-20(24-11)12-6-7-23-17(9-12)18-4-5-19(29-18)30(26,27)28/h2-10H,1H3,(H,26,27,28). The maximum atomic E-state index is 11.3. The number of benzene rings is 1. The lowest BCUT2D eigenvalue weighted by atomic mass is 10.1. The van der Waals surface area contributed by atoms with Gasteiger partial charge in [-0.3, -0.25) is 9.54 Å². The van der Waals surface area contributed by atoms with E-state index in [0.717, 1.165) is 22.6 Å². The Morgan fingerprint density at radius 2 is 1.77 bits per heavy atom. The fourth-order valence-corrected chi connectivity index (χ4v) is 4.97. The summed E-state index contributed by atoms with van der Waals surface area (Å²) in [6.45, 7) is 1.86. The van der Waals surface area contributed by atoms with E-state index in [1.165, 1.54) is 6.07 Å². The van der Waals surface area contributed by atoms with Gasteiger partial charge in [0.05, 0.1) is 21.3 Å². The van der Waals surface area contributed by atoms with Crippen LogP contribution < -0.4 is 0 Å². The van der Waals surface area contributed by atoms with Gasteiger partial charge in [-0.2, -0.15) is 8.42 Å². The zero-order valence-electron chi connectivity index (χ0n) is 15.4. The predicted octanol–water partition coefficient (Wildman–Crippen LogP) is 5.80. The molecule has 0 spiro atoms. The molecule has 30 heavy (non-hydrogen) atoms. The van der Waals surface area contributed by atoms with E-state index in [4.69, 9.17) is 23.2 Å². The smallest absolute Gasteiger partial charge is 0.281 e. The summed E-state index contributed by atoms with van der Waals surface area (Å²) in [5.74, 6) is 0.478. The second-order valence-electron chi connectivity index (χ2n) is 6.37. The monoisotopic (exact) mass is 477 g/mol. The van der Waals surface area contributed by atoms with Crippen LogP contribution in [0.15, 0.2) is 58.9 Å². The highest BCUT2D eigenvalue weighted by molar-refractivity contribution is 7.88. The fraction of sp³-hybridized carbons (Fsp3) is 0.0500. The van der Waals surface area contributed by atoms with Crippen LogP contribution in [-0.2, 0) is 10.1 Å². The molecule has 4 rings (SSSR count). The normalized spacial score (nSPS) is 11.6. The van der Waals surface area contributed by atoms with Crippen LogP contribution in [0.3, 0.4) is 0 Å². The number of aromatic nitrogens is 3. The Hall–Kier alpha value is -2.36. The Balaban J connectivity index is 1.77. The maximum Gasteiger partial charge on any atom is 0.304 e. The van der Waals surface area contributed by atoms with Gasteiger partial charge in [0.25, 0.3) is 0 Å². The van der Waals surface area contributed by atoms with Crippen LogP contribution >= 0.6 is 34.5 Å². The number of hydrogen-bond donors (Lipinski definition) is 1. The third kappa shape index (κ3) is 4.38. The minimum atomic E-state index is -4.26. The summed E-state index contributed by atoms with van der Waals surface area (Å²) >= 11 is 13.3. The maximum absolute atomic E-state index is 11.3. The Labute approximate surface area is 187 Å². The molecule has 0 aliphatic heterocycles. The average Bonchev–Trinajstić information content (AvgIpc) is 3.18. The molecule has 0 radical (unpaired) electrons. The van der Waals surface area contributed by atoms with Gasteiger partial charge in [0, 0.05) is 28.0 Å². The Morgan fingerprint density at radius 3 is 2.47 bits per heavy atom. The van der Waals surface area contributed by atoms with E-state index in [2.05, 4.69) is 15.0 Å². The van der Waals surface area contributed by atoms with Crippen LogP contribution in [0.2, 0.25) is 10.0 Å². The van der Waals surface area contributed by atoms with Crippen molar-refractivity contribution in [3.8, 4) is 33.2 Å². The molecule has 0 atom stereocenters. The van der Waals surface area contributed by atoms with Crippen LogP contribution in [-0.4, -0.2) is 27.9 Å². The van der Waals surface area contributed by atoms with Gasteiger partial charge in [-0.1, -0.05) is 23.2 Å². The third-order valence-corrected chi connectivity index (χ3v) is 7.14. The van der Waals surface area contributed by atoms with Crippen molar-refractivity contribution in [3.05, 3.63) is 70.5 Å². The van der Waals surface area contributed by atoms with Gasteiger partial charge in [-0.15, -0.1) is 11.3 Å². The first-order valence-electron chi connectivity index (χ1n) is 8.56. The topological polar surface area (TPSA) is 93.0 Å². The lowest BCUT2D eigenvalue weighted by Gasteiger charge is -2.09. The Kier molecular flexibility index (Phi) is 5.61. The van der Waals surface area contributed by atoms with Crippen molar-refractivity contribution in [2.24, 2.45) is 0 Å². The minimum Gasteiger partial charge on any atom is -0.281 e. The SMILES string of the molecule is Cc1cc(-c2ccc(Cl)cc2Cl)nc(-c2ccnc(-c3ccc(S(=O)(=O)O)s3)c2)n1. The summed E-state index contributed by atoms with van der Waals surface area (Å²) in [4.78, 5) is 14.1. The molecule has 10 heteroatoms. The van der Waals surface area contributed by atoms with Gasteiger partial charge < -0.3 is 0 Å². The van der Waals surface area contributed by atoms with Crippen molar-refractivity contribution < 1.29 is 13.0 Å². The predicted molar refractivity (Wildman–Crippen MR) is 119 cm³/mol.